The van der Waals surface area contributed by atoms with Crippen molar-refractivity contribution in [3.8, 4) is 17.1 Å². The van der Waals surface area contributed by atoms with Crippen LogP contribution in [0, 0.1) is 19.7 Å². The van der Waals surface area contributed by atoms with Crippen LogP contribution in [0.4, 0.5) is 4.39 Å². The molecule has 0 saturated carbocycles. The summed E-state index contributed by atoms with van der Waals surface area (Å²) in [6.07, 6.45) is 1.11. The molecule has 0 radical (unpaired) electrons. The smallest absolute Gasteiger partial charge is 0.254 e. The molecule has 1 atom stereocenters. The fourth-order valence-electron chi connectivity index (χ4n) is 5.00. The van der Waals surface area contributed by atoms with Crippen LogP contribution < -0.4 is 0 Å². The fraction of sp³-hybridized carbons (Fsp3) is 0.312. The average molecular weight is 572 g/mol. The molecule has 2 amide bonds. The Morgan fingerprint density at radius 2 is 1.66 bits per heavy atom. The van der Waals surface area contributed by atoms with E-state index in [9.17, 15) is 14.0 Å². The number of aromatic nitrogens is 3. The van der Waals surface area contributed by atoms with Crippen LogP contribution in [-0.2, 0) is 4.79 Å². The molecular weight excluding hydrogens is 537 g/mol. The van der Waals surface area contributed by atoms with Crippen molar-refractivity contribution in [3.63, 3.8) is 0 Å². The van der Waals surface area contributed by atoms with Gasteiger partial charge in [0.2, 0.25) is 5.91 Å². The molecule has 1 fully saturated rings. The minimum absolute atomic E-state index is 0.0793. The van der Waals surface area contributed by atoms with Crippen LogP contribution in [0.25, 0.3) is 17.1 Å². The first-order chi connectivity index (χ1) is 19.8. The zero-order valence-electron chi connectivity index (χ0n) is 23.6. The average Bonchev–Trinajstić information content (AvgIpc) is 3.39. The van der Waals surface area contributed by atoms with E-state index < -0.39 is 5.82 Å². The number of nitrogens with zero attached hydrogens (tertiary/aromatic N) is 5. The monoisotopic (exact) mass is 571 g/mol. The van der Waals surface area contributed by atoms with Crippen molar-refractivity contribution in [1.82, 2.24) is 24.6 Å². The number of carbonyl (C=O) groups excluding carboxylic acids is 2. The number of hydrogen-bond donors (Lipinski definition) is 0. The van der Waals surface area contributed by atoms with E-state index in [4.69, 9.17) is 0 Å². The Bertz CT molecular complexity index is 1520. The predicted molar refractivity (Wildman–Crippen MR) is 160 cm³/mol. The van der Waals surface area contributed by atoms with Crippen molar-refractivity contribution >= 4 is 23.6 Å². The van der Waals surface area contributed by atoms with Crippen LogP contribution in [0.2, 0.25) is 0 Å². The summed E-state index contributed by atoms with van der Waals surface area (Å²) in [7, 11) is 0. The van der Waals surface area contributed by atoms with Crippen LogP contribution in [0.5, 0.6) is 0 Å². The minimum Gasteiger partial charge on any atom is -0.339 e. The first kappa shape index (κ1) is 28.5. The Labute approximate surface area is 244 Å². The summed E-state index contributed by atoms with van der Waals surface area (Å²) < 4.78 is 15.7. The molecule has 1 aromatic heterocycles. The Morgan fingerprint density at radius 1 is 0.951 bits per heavy atom. The van der Waals surface area contributed by atoms with Gasteiger partial charge in [-0.25, -0.2) is 4.39 Å². The van der Waals surface area contributed by atoms with E-state index in [1.54, 1.807) is 22.7 Å². The summed E-state index contributed by atoms with van der Waals surface area (Å²) in [5, 5.41) is 9.81. The van der Waals surface area contributed by atoms with Gasteiger partial charge in [0.1, 0.15) is 5.82 Å². The lowest BCUT2D eigenvalue weighted by atomic mass is 10.1. The molecule has 1 aliphatic rings. The van der Waals surface area contributed by atoms with Crippen molar-refractivity contribution in [2.24, 2.45) is 0 Å². The molecule has 0 N–H and O–H groups in total. The number of amides is 2. The van der Waals surface area contributed by atoms with Gasteiger partial charge in [-0.15, -0.1) is 10.2 Å². The second-order valence-electron chi connectivity index (χ2n) is 10.5. The standard InChI is InChI=1S/C32H34FN5O2S/c1-22-9-13-25(14-10-22)30-34-35-32(38(30)28-15-11-23(2)12-16-28)41-19-5-8-29(39)36-17-18-37(24(3)21-36)31(40)26-6-4-7-27(33)20-26/h4,6-7,9-16,20,24H,5,8,17-19,21H2,1-3H3. The Balaban J connectivity index is 1.18. The van der Waals surface area contributed by atoms with E-state index in [1.807, 2.05) is 11.8 Å². The van der Waals surface area contributed by atoms with Gasteiger partial charge in [0.15, 0.2) is 11.0 Å². The van der Waals surface area contributed by atoms with Crippen molar-refractivity contribution in [2.75, 3.05) is 25.4 Å². The second-order valence-corrected chi connectivity index (χ2v) is 11.6. The van der Waals surface area contributed by atoms with E-state index in [2.05, 4.69) is 77.1 Å². The summed E-state index contributed by atoms with van der Waals surface area (Å²) in [6.45, 7) is 7.42. The third-order valence-electron chi connectivity index (χ3n) is 7.31. The fourth-order valence-corrected chi connectivity index (χ4v) is 5.89. The number of piperazine rings is 1. The Hall–Kier alpha value is -3.98. The van der Waals surface area contributed by atoms with Crippen molar-refractivity contribution in [2.45, 2.75) is 44.8 Å². The van der Waals surface area contributed by atoms with E-state index in [0.29, 0.717) is 38.0 Å². The number of rotatable bonds is 8. The molecule has 0 aliphatic carbocycles. The van der Waals surface area contributed by atoms with Gasteiger partial charge in [-0.05, 0) is 57.5 Å². The highest BCUT2D eigenvalue weighted by Gasteiger charge is 2.30. The third kappa shape index (κ3) is 6.68. The maximum Gasteiger partial charge on any atom is 0.254 e. The topological polar surface area (TPSA) is 71.3 Å². The highest BCUT2D eigenvalue weighted by atomic mass is 32.2. The lowest BCUT2D eigenvalue weighted by Crippen LogP contribution is -2.55. The normalized spacial score (nSPS) is 15.3. The van der Waals surface area contributed by atoms with E-state index in [-0.39, 0.29) is 17.9 Å². The molecule has 4 aromatic rings. The summed E-state index contributed by atoms with van der Waals surface area (Å²) in [6, 6.07) is 22.2. The Kier molecular flexibility index (Phi) is 8.83. The minimum atomic E-state index is -0.432. The first-order valence-corrected chi connectivity index (χ1v) is 14.9. The summed E-state index contributed by atoms with van der Waals surface area (Å²) in [5.41, 5.74) is 4.69. The lowest BCUT2D eigenvalue weighted by molar-refractivity contribution is -0.133. The highest BCUT2D eigenvalue weighted by molar-refractivity contribution is 7.99. The molecule has 3 aromatic carbocycles. The van der Waals surface area contributed by atoms with Gasteiger partial charge < -0.3 is 9.80 Å². The second kappa shape index (κ2) is 12.7. The molecule has 212 valence electrons. The highest BCUT2D eigenvalue weighted by Crippen LogP contribution is 2.29. The maximum absolute atomic E-state index is 13.6. The number of aryl methyl sites for hydroxylation is 2. The molecule has 5 rings (SSSR count). The predicted octanol–water partition coefficient (Wildman–Crippen LogP) is 5.94. The largest absolute Gasteiger partial charge is 0.339 e. The van der Waals surface area contributed by atoms with Crippen molar-refractivity contribution in [1.29, 1.82) is 0 Å². The van der Waals surface area contributed by atoms with E-state index >= 15 is 0 Å². The molecular formula is C32H34FN5O2S. The maximum atomic E-state index is 13.6. The van der Waals surface area contributed by atoms with Crippen LogP contribution in [0.15, 0.2) is 78.0 Å². The molecule has 41 heavy (non-hydrogen) atoms. The molecule has 1 saturated heterocycles. The van der Waals surface area contributed by atoms with E-state index in [1.165, 1.54) is 29.3 Å². The zero-order chi connectivity index (χ0) is 28.9. The van der Waals surface area contributed by atoms with Gasteiger partial charge in [-0.1, -0.05) is 65.4 Å². The number of hydrogen-bond acceptors (Lipinski definition) is 5. The van der Waals surface area contributed by atoms with Gasteiger partial charge in [0.05, 0.1) is 0 Å². The van der Waals surface area contributed by atoms with Crippen LogP contribution >= 0.6 is 11.8 Å². The number of thioether (sulfide) groups is 1. The summed E-state index contributed by atoms with van der Waals surface area (Å²) in [4.78, 5) is 29.4. The number of carbonyl (C=O) groups is 2. The third-order valence-corrected chi connectivity index (χ3v) is 8.33. The summed E-state index contributed by atoms with van der Waals surface area (Å²) in [5.74, 6) is 0.946. The van der Waals surface area contributed by atoms with E-state index in [0.717, 1.165) is 28.0 Å². The van der Waals surface area contributed by atoms with Crippen LogP contribution in [0.3, 0.4) is 0 Å². The Morgan fingerprint density at radius 3 is 2.34 bits per heavy atom. The van der Waals surface area contributed by atoms with Gasteiger partial charge in [0.25, 0.3) is 5.91 Å². The van der Waals surface area contributed by atoms with Gasteiger partial charge in [0, 0.05) is 54.7 Å². The summed E-state index contributed by atoms with van der Waals surface area (Å²) >= 11 is 1.59. The molecule has 0 bridgehead atoms. The van der Waals surface area contributed by atoms with Crippen LogP contribution in [-0.4, -0.2) is 67.8 Å². The van der Waals surface area contributed by atoms with Crippen molar-refractivity contribution in [3.05, 3.63) is 95.3 Å². The SMILES string of the molecule is Cc1ccc(-c2nnc(SCCCC(=O)N3CCN(C(=O)c4cccc(F)c4)C(C)C3)n2-c2ccc(C)cc2)cc1. The first-order valence-electron chi connectivity index (χ1n) is 13.9. The van der Waals surface area contributed by atoms with Crippen LogP contribution in [0.1, 0.15) is 41.3 Å². The van der Waals surface area contributed by atoms with Gasteiger partial charge in [-0.2, -0.15) is 0 Å². The zero-order valence-corrected chi connectivity index (χ0v) is 24.4. The molecule has 1 aliphatic heterocycles. The molecule has 7 nitrogen and oxygen atoms in total. The number of benzene rings is 3. The number of halogens is 1. The molecule has 2 heterocycles. The molecule has 1 unspecified atom stereocenters. The molecule has 9 heteroatoms. The van der Waals surface area contributed by atoms with Gasteiger partial charge >= 0.3 is 0 Å². The van der Waals surface area contributed by atoms with Gasteiger partial charge in [-0.3, -0.25) is 14.2 Å². The quantitative estimate of drug-likeness (QED) is 0.194. The lowest BCUT2D eigenvalue weighted by Gasteiger charge is -2.40. The molecule has 0 spiro atoms. The van der Waals surface area contributed by atoms with Crippen molar-refractivity contribution < 1.29 is 14.0 Å².